The Morgan fingerprint density at radius 1 is 1.48 bits per heavy atom. The van der Waals surface area contributed by atoms with Gasteiger partial charge in [-0.2, -0.15) is 0 Å². The second kappa shape index (κ2) is 6.78. The van der Waals surface area contributed by atoms with Gasteiger partial charge in [-0.3, -0.25) is 4.79 Å². The van der Waals surface area contributed by atoms with Crippen molar-refractivity contribution in [2.75, 3.05) is 32.1 Å². The quantitative estimate of drug-likeness (QED) is 0.703. The van der Waals surface area contributed by atoms with Gasteiger partial charge in [-0.15, -0.1) is 0 Å². The van der Waals surface area contributed by atoms with Gasteiger partial charge in [0.15, 0.2) is 5.75 Å². The lowest BCUT2D eigenvalue weighted by atomic mass is 9.94. The normalized spacial score (nSPS) is 17.2. The average molecular weight is 294 g/mol. The molecule has 1 aliphatic heterocycles. The Morgan fingerprint density at radius 2 is 2.19 bits per heavy atom. The first-order valence-corrected chi connectivity index (χ1v) is 7.15. The van der Waals surface area contributed by atoms with Gasteiger partial charge >= 0.3 is 0 Å². The Balaban J connectivity index is 2.05. The molecule has 0 atom stereocenters. The molecule has 0 bridgehead atoms. The number of nitrogens with two attached hydrogens (primary N) is 1. The Hall–Kier alpha value is -1.79. The van der Waals surface area contributed by atoms with Crippen LogP contribution in [0.25, 0.3) is 0 Å². The number of ether oxygens (including phenoxy) is 2. The van der Waals surface area contributed by atoms with Crippen LogP contribution < -0.4 is 15.8 Å². The van der Waals surface area contributed by atoms with E-state index in [2.05, 4.69) is 5.32 Å². The topological polar surface area (TPSA) is 93.8 Å². The average Bonchev–Trinajstić information content (AvgIpc) is 2.48. The highest BCUT2D eigenvalue weighted by Crippen LogP contribution is 2.26. The first-order valence-electron chi connectivity index (χ1n) is 7.15. The van der Waals surface area contributed by atoms with E-state index in [1.54, 1.807) is 18.2 Å². The van der Waals surface area contributed by atoms with Gasteiger partial charge < -0.3 is 25.6 Å². The van der Waals surface area contributed by atoms with Crippen LogP contribution in [-0.2, 0) is 4.74 Å². The molecule has 6 heteroatoms. The first kappa shape index (κ1) is 15.6. The third-order valence-corrected chi connectivity index (χ3v) is 3.58. The van der Waals surface area contributed by atoms with Crippen molar-refractivity contribution in [3.63, 3.8) is 0 Å². The largest absolute Gasteiger partial charge is 0.491 e. The summed E-state index contributed by atoms with van der Waals surface area (Å²) < 4.78 is 10.7. The lowest BCUT2D eigenvalue weighted by molar-refractivity contribution is -0.0605. The molecule has 0 spiro atoms. The summed E-state index contributed by atoms with van der Waals surface area (Å²) in [6, 6.07) is 5.05. The second-order valence-electron chi connectivity index (χ2n) is 5.18. The van der Waals surface area contributed by atoms with E-state index in [-0.39, 0.29) is 12.5 Å². The van der Waals surface area contributed by atoms with Gasteiger partial charge in [-0.05, 0) is 19.1 Å². The van der Waals surface area contributed by atoms with Gasteiger partial charge in [-0.25, -0.2) is 0 Å². The number of hydrogen-bond acceptors (Lipinski definition) is 5. The first-order chi connectivity index (χ1) is 10.1. The summed E-state index contributed by atoms with van der Waals surface area (Å²) in [6.07, 6.45) is 1.03. The summed E-state index contributed by atoms with van der Waals surface area (Å²) in [5.41, 5.74) is 5.74. The summed E-state index contributed by atoms with van der Waals surface area (Å²) in [5.74, 6) is 0.0853. The van der Waals surface area contributed by atoms with Crippen LogP contribution in [0.2, 0.25) is 0 Å². The highest BCUT2D eigenvalue weighted by Gasteiger charge is 2.30. The zero-order valence-corrected chi connectivity index (χ0v) is 12.2. The summed E-state index contributed by atoms with van der Waals surface area (Å²) in [4.78, 5) is 12.3. The zero-order chi connectivity index (χ0) is 15.3. The molecule has 116 valence electrons. The molecule has 2 rings (SSSR count). The van der Waals surface area contributed by atoms with Crippen LogP contribution in [0, 0.1) is 0 Å². The van der Waals surface area contributed by atoms with Gasteiger partial charge in [0.25, 0.3) is 5.91 Å². The number of aliphatic hydroxyl groups is 1. The highest BCUT2D eigenvalue weighted by molar-refractivity contribution is 5.98. The van der Waals surface area contributed by atoms with Crippen LogP contribution in [0.15, 0.2) is 18.2 Å². The highest BCUT2D eigenvalue weighted by atomic mass is 16.5. The number of nitrogen functional groups attached to an aromatic ring is 1. The van der Waals surface area contributed by atoms with Crippen molar-refractivity contribution < 1.29 is 19.4 Å². The molecule has 1 aliphatic rings. The minimum Gasteiger partial charge on any atom is -0.491 e. The minimum atomic E-state index is -0.903. The van der Waals surface area contributed by atoms with E-state index in [0.29, 0.717) is 49.7 Å². The van der Waals surface area contributed by atoms with Crippen molar-refractivity contribution in [2.24, 2.45) is 0 Å². The van der Waals surface area contributed by atoms with Crippen LogP contribution in [0.5, 0.6) is 5.75 Å². The van der Waals surface area contributed by atoms with Crippen LogP contribution in [0.4, 0.5) is 5.69 Å². The van der Waals surface area contributed by atoms with E-state index in [4.69, 9.17) is 15.2 Å². The molecular weight excluding hydrogens is 272 g/mol. The molecule has 1 amide bonds. The maximum Gasteiger partial charge on any atom is 0.255 e. The van der Waals surface area contributed by atoms with Gasteiger partial charge in [0, 0.05) is 32.6 Å². The van der Waals surface area contributed by atoms with Crippen molar-refractivity contribution >= 4 is 11.6 Å². The van der Waals surface area contributed by atoms with Crippen molar-refractivity contribution in [1.29, 1.82) is 0 Å². The summed E-state index contributed by atoms with van der Waals surface area (Å²) >= 11 is 0. The Labute approximate surface area is 124 Å². The summed E-state index contributed by atoms with van der Waals surface area (Å²) in [7, 11) is 0. The number of carbonyl (C=O) groups is 1. The fraction of sp³-hybridized carbons (Fsp3) is 0.533. The van der Waals surface area contributed by atoms with Gasteiger partial charge in [0.2, 0.25) is 0 Å². The van der Waals surface area contributed by atoms with Crippen molar-refractivity contribution in [2.45, 2.75) is 25.4 Å². The van der Waals surface area contributed by atoms with Crippen LogP contribution >= 0.6 is 0 Å². The number of rotatable bonds is 5. The Kier molecular flexibility index (Phi) is 5.03. The zero-order valence-electron chi connectivity index (χ0n) is 12.2. The standard InChI is InChI=1S/C15H22N2O4/c1-2-21-13-11(4-3-5-12(13)16)14(18)17-10-15(19)6-8-20-9-7-15/h3-5,19H,2,6-10,16H2,1H3,(H,17,18). The maximum atomic E-state index is 12.3. The lowest BCUT2D eigenvalue weighted by Gasteiger charge is -2.32. The van der Waals surface area contributed by atoms with E-state index in [1.807, 2.05) is 6.92 Å². The van der Waals surface area contributed by atoms with Gasteiger partial charge in [-0.1, -0.05) is 6.07 Å². The van der Waals surface area contributed by atoms with E-state index in [1.165, 1.54) is 0 Å². The molecule has 0 saturated carbocycles. The predicted octanol–water partition coefficient (Wildman–Crippen LogP) is 0.939. The smallest absolute Gasteiger partial charge is 0.255 e. The second-order valence-corrected chi connectivity index (χ2v) is 5.18. The van der Waals surface area contributed by atoms with Gasteiger partial charge in [0.05, 0.1) is 23.5 Å². The molecule has 4 N–H and O–H groups in total. The van der Waals surface area contributed by atoms with E-state index >= 15 is 0 Å². The summed E-state index contributed by atoms with van der Waals surface area (Å²) in [6.45, 7) is 3.47. The summed E-state index contributed by atoms with van der Waals surface area (Å²) in [5, 5.41) is 13.1. The van der Waals surface area contributed by atoms with E-state index < -0.39 is 5.60 Å². The number of anilines is 1. The molecule has 1 aromatic carbocycles. The fourth-order valence-electron chi connectivity index (χ4n) is 2.31. The van der Waals surface area contributed by atoms with Crippen molar-refractivity contribution in [1.82, 2.24) is 5.32 Å². The molecule has 21 heavy (non-hydrogen) atoms. The third-order valence-electron chi connectivity index (χ3n) is 3.58. The fourth-order valence-corrected chi connectivity index (χ4v) is 2.31. The molecule has 1 fully saturated rings. The molecular formula is C15H22N2O4. The SMILES string of the molecule is CCOc1c(N)cccc1C(=O)NCC1(O)CCOCC1. The molecule has 0 unspecified atom stereocenters. The number of carbonyl (C=O) groups excluding carboxylic acids is 1. The molecule has 1 saturated heterocycles. The Bertz CT molecular complexity index is 498. The predicted molar refractivity (Wildman–Crippen MR) is 79.4 cm³/mol. The van der Waals surface area contributed by atoms with E-state index in [9.17, 15) is 9.90 Å². The van der Waals surface area contributed by atoms with Crippen molar-refractivity contribution in [3.05, 3.63) is 23.8 Å². The molecule has 1 heterocycles. The lowest BCUT2D eigenvalue weighted by Crippen LogP contribution is -2.46. The molecule has 1 aromatic rings. The molecule has 0 aromatic heterocycles. The number of hydrogen-bond donors (Lipinski definition) is 3. The maximum absolute atomic E-state index is 12.3. The van der Waals surface area contributed by atoms with Crippen molar-refractivity contribution in [3.8, 4) is 5.75 Å². The van der Waals surface area contributed by atoms with Crippen LogP contribution in [-0.4, -0.2) is 43.0 Å². The number of nitrogens with one attached hydrogen (secondary N) is 1. The molecule has 0 aliphatic carbocycles. The monoisotopic (exact) mass is 294 g/mol. The number of para-hydroxylation sites is 1. The number of benzene rings is 1. The molecule has 0 radical (unpaired) electrons. The number of amides is 1. The Morgan fingerprint density at radius 3 is 2.86 bits per heavy atom. The third kappa shape index (κ3) is 3.86. The van der Waals surface area contributed by atoms with Crippen LogP contribution in [0.3, 0.4) is 0 Å². The molecule has 6 nitrogen and oxygen atoms in total. The minimum absolute atomic E-state index is 0.190. The van der Waals surface area contributed by atoms with Gasteiger partial charge in [0.1, 0.15) is 0 Å². The van der Waals surface area contributed by atoms with Crippen LogP contribution in [0.1, 0.15) is 30.1 Å². The van der Waals surface area contributed by atoms with E-state index in [0.717, 1.165) is 0 Å².